The number of fused-ring (bicyclic) bond motifs is 2. The van der Waals surface area contributed by atoms with Gasteiger partial charge in [-0.25, -0.2) is 29.9 Å². The zero-order valence-electron chi connectivity index (χ0n) is 37.5. The lowest BCUT2D eigenvalue weighted by atomic mass is 9.77. The maximum absolute atomic E-state index is 6.17. The summed E-state index contributed by atoms with van der Waals surface area (Å²) in [6.07, 6.45) is 17.6. The molecule has 0 spiro atoms. The van der Waals surface area contributed by atoms with Crippen molar-refractivity contribution in [1.29, 1.82) is 0 Å². The van der Waals surface area contributed by atoms with E-state index in [2.05, 4.69) is 90.3 Å². The number of hydrogen-bond donors (Lipinski definition) is 2. The summed E-state index contributed by atoms with van der Waals surface area (Å²) in [6.45, 7) is 12.3. The summed E-state index contributed by atoms with van der Waals surface area (Å²) in [4.78, 5) is 34.4. The third-order valence-corrected chi connectivity index (χ3v) is 14.3. The van der Waals surface area contributed by atoms with Gasteiger partial charge in [-0.1, -0.05) is 58.5 Å². The molecule has 14 nitrogen and oxygen atoms in total. The highest BCUT2D eigenvalue weighted by Gasteiger charge is 2.52. The van der Waals surface area contributed by atoms with Gasteiger partial charge in [0.15, 0.2) is 15.4 Å². The molecule has 3 aliphatic rings. The van der Waals surface area contributed by atoms with Crippen LogP contribution < -0.4 is 25.6 Å². The predicted molar refractivity (Wildman–Crippen MR) is 263 cm³/mol. The summed E-state index contributed by atoms with van der Waals surface area (Å²) < 4.78 is 26.3. The largest absolute Gasteiger partial charge is 0.495 e. The topological polar surface area (TPSA) is 164 Å². The molecular weight excluding hydrogens is 891 g/mol. The third kappa shape index (κ3) is 10.4. The van der Waals surface area contributed by atoms with E-state index in [0.29, 0.717) is 29.0 Å². The van der Waals surface area contributed by atoms with E-state index in [1.807, 2.05) is 74.8 Å². The summed E-state index contributed by atoms with van der Waals surface area (Å²) >= 11 is 9.30. The van der Waals surface area contributed by atoms with Crippen LogP contribution in [0.1, 0.15) is 64.5 Å². The number of benzene rings is 2. The first-order valence-electron chi connectivity index (χ1n) is 21.9. The fourth-order valence-electron chi connectivity index (χ4n) is 7.53. The lowest BCUT2D eigenvalue weighted by Gasteiger charge is -2.35. The normalized spacial score (nSPS) is 20.2. The van der Waals surface area contributed by atoms with Gasteiger partial charge in [0.2, 0.25) is 5.88 Å². The monoisotopic (exact) mass is 940 g/mol. The molecule has 6 aromatic heterocycles. The number of hydrogen-bond acceptors (Lipinski definition) is 16. The van der Waals surface area contributed by atoms with Gasteiger partial charge in [-0.3, -0.25) is 9.97 Å². The van der Waals surface area contributed by atoms with Crippen molar-refractivity contribution in [3.63, 3.8) is 0 Å². The number of halogens is 1. The zero-order valence-corrected chi connectivity index (χ0v) is 39.9. The van der Waals surface area contributed by atoms with Crippen molar-refractivity contribution >= 4 is 77.6 Å². The molecule has 1 aliphatic heterocycles. The van der Waals surface area contributed by atoms with Gasteiger partial charge in [-0.2, -0.15) is 0 Å². The van der Waals surface area contributed by atoms with Crippen molar-refractivity contribution in [1.82, 2.24) is 39.9 Å². The van der Waals surface area contributed by atoms with Crippen LogP contribution in [0.2, 0.25) is 5.15 Å². The number of rotatable bonds is 10. The van der Waals surface area contributed by atoms with Crippen LogP contribution in [0.4, 0.5) is 10.3 Å². The van der Waals surface area contributed by atoms with E-state index in [1.165, 1.54) is 9.40 Å². The fourth-order valence-corrected chi connectivity index (χ4v) is 9.57. The number of nitrogens with one attached hydrogen (secondary N) is 2. The van der Waals surface area contributed by atoms with E-state index in [4.69, 9.17) is 30.4 Å². The molecule has 0 unspecified atom stereocenters. The van der Waals surface area contributed by atoms with Gasteiger partial charge in [-0.05, 0) is 94.5 Å². The van der Waals surface area contributed by atoms with E-state index >= 15 is 0 Å². The molecule has 66 heavy (non-hydrogen) atoms. The summed E-state index contributed by atoms with van der Waals surface area (Å²) in [5, 5.41) is 9.22. The summed E-state index contributed by atoms with van der Waals surface area (Å²) in [5.74, 6) is 0.993. The molecule has 0 radical (unpaired) electrons. The van der Waals surface area contributed by atoms with Crippen LogP contribution in [0.25, 0.3) is 31.7 Å². The second-order valence-electron chi connectivity index (χ2n) is 17.5. The van der Waals surface area contributed by atoms with Crippen molar-refractivity contribution in [2.45, 2.75) is 103 Å². The number of aryl methyl sites for hydroxylation is 2. The lowest BCUT2D eigenvalue weighted by Crippen LogP contribution is -2.42. The molecule has 8 aromatic rings. The molecule has 2 aromatic carbocycles. The van der Waals surface area contributed by atoms with E-state index in [0.717, 1.165) is 74.8 Å². The Labute approximate surface area is 397 Å². The molecule has 0 atom stereocenters. The van der Waals surface area contributed by atoms with Crippen LogP contribution in [0, 0.1) is 13.8 Å². The highest BCUT2D eigenvalue weighted by Crippen LogP contribution is 2.38. The Hall–Kier alpha value is -5.85. The van der Waals surface area contributed by atoms with Crippen LogP contribution in [0.3, 0.4) is 0 Å². The van der Waals surface area contributed by atoms with Crippen molar-refractivity contribution in [3.8, 4) is 23.0 Å². The Morgan fingerprint density at radius 1 is 0.621 bits per heavy atom. The van der Waals surface area contributed by atoms with Crippen molar-refractivity contribution in [2.24, 2.45) is 0 Å². The molecular formula is C48H50BClN10O4S2. The standard InChI is InChI=1S/C21H19N5OS.C15H13ClN4OS.C12H18BNO2/c1-13-12-22-7-6-16(13)19-20(24-9-8-23-19)27-15-10-14(11-15)25-21-26-17-4-2-3-5-18(17)28-21;16-13-14(18-6-5-17-13)21-10-7-9(8-10)19-15-20-11-3-1-2-4-12(11)22-15;1-9-8-14-7-6-10(9)13-15-11(2,3)12(4,5)16-13/h2-9,12,14-15H,10-11H2,1H3,(H,25,26);1-6,9-10H,7-8H2,(H,19,20);6-8H,1-5H3. The van der Waals surface area contributed by atoms with Crippen LogP contribution in [-0.2, 0) is 9.31 Å². The zero-order chi connectivity index (χ0) is 45.8. The minimum absolute atomic E-state index is 0.126. The Kier molecular flexibility index (Phi) is 13.4. The number of aromatic nitrogens is 8. The Morgan fingerprint density at radius 3 is 1.67 bits per heavy atom. The highest BCUT2D eigenvalue weighted by atomic mass is 35.5. The molecule has 0 amide bonds. The average Bonchev–Trinajstić information content (AvgIpc) is 3.95. The van der Waals surface area contributed by atoms with Crippen LogP contribution in [-0.4, -0.2) is 82.5 Å². The quantitative estimate of drug-likeness (QED) is 0.125. The first-order valence-corrected chi connectivity index (χ1v) is 23.9. The van der Waals surface area contributed by atoms with Crippen molar-refractivity contribution in [2.75, 3.05) is 10.6 Å². The molecule has 3 fully saturated rings. The van der Waals surface area contributed by atoms with E-state index in [9.17, 15) is 0 Å². The molecule has 0 bridgehead atoms. The minimum atomic E-state index is -0.284. The molecule has 1 saturated heterocycles. The number of thiazole rings is 2. The first-order chi connectivity index (χ1) is 31.9. The fraction of sp³-hybridized carbons (Fsp3) is 0.333. The van der Waals surface area contributed by atoms with Crippen LogP contribution in [0.15, 0.2) is 110 Å². The SMILES string of the molecule is Cc1cnccc1-c1nccnc1OC1CC(Nc2nc3ccccc3s2)C1.Cc1cnccc1B1OC(C)(C)C(C)(C)O1.Clc1nccnc1OC1CC(Nc2nc3ccccc3s2)C1. The van der Waals surface area contributed by atoms with Gasteiger partial charge in [0.25, 0.3) is 5.88 Å². The molecule has 338 valence electrons. The maximum Gasteiger partial charge on any atom is 0.495 e. The van der Waals surface area contributed by atoms with Crippen LogP contribution in [0.5, 0.6) is 11.8 Å². The Bertz CT molecular complexity index is 2840. The van der Waals surface area contributed by atoms with E-state index < -0.39 is 0 Å². The molecule has 18 heteroatoms. The Balaban J connectivity index is 0.000000130. The second kappa shape index (κ2) is 19.6. The molecule has 2 N–H and O–H groups in total. The van der Waals surface area contributed by atoms with E-state index in [1.54, 1.807) is 59.9 Å². The lowest BCUT2D eigenvalue weighted by molar-refractivity contribution is 0.00578. The third-order valence-electron chi connectivity index (χ3n) is 12.1. The molecule has 2 aliphatic carbocycles. The summed E-state index contributed by atoms with van der Waals surface area (Å²) in [6, 6.07) is 21.0. The Morgan fingerprint density at radius 2 is 1.12 bits per heavy atom. The number of para-hydroxylation sites is 2. The summed E-state index contributed by atoms with van der Waals surface area (Å²) in [5.41, 5.74) is 6.49. The van der Waals surface area contributed by atoms with Crippen molar-refractivity contribution < 1.29 is 18.8 Å². The van der Waals surface area contributed by atoms with E-state index in [-0.39, 0.29) is 30.5 Å². The number of pyridine rings is 2. The molecule has 11 rings (SSSR count). The summed E-state index contributed by atoms with van der Waals surface area (Å²) in [7, 11) is -0.284. The maximum atomic E-state index is 6.17. The first kappa shape index (κ1) is 45.3. The second-order valence-corrected chi connectivity index (χ2v) is 19.9. The highest BCUT2D eigenvalue weighted by molar-refractivity contribution is 7.22. The number of ether oxygens (including phenoxy) is 2. The number of nitrogens with zero attached hydrogens (tertiary/aromatic N) is 8. The van der Waals surface area contributed by atoms with Gasteiger partial charge < -0.3 is 29.4 Å². The van der Waals surface area contributed by atoms with Gasteiger partial charge in [0, 0.05) is 92.9 Å². The number of anilines is 2. The van der Waals surface area contributed by atoms with Gasteiger partial charge in [0.05, 0.1) is 31.6 Å². The average molecular weight is 941 g/mol. The molecule has 2 saturated carbocycles. The minimum Gasteiger partial charge on any atom is -0.473 e. The van der Waals surface area contributed by atoms with Crippen LogP contribution >= 0.6 is 34.3 Å². The van der Waals surface area contributed by atoms with Gasteiger partial charge >= 0.3 is 7.12 Å². The van der Waals surface area contributed by atoms with Crippen molar-refractivity contribution in [3.05, 3.63) is 127 Å². The predicted octanol–water partition coefficient (Wildman–Crippen LogP) is 9.93. The van der Waals surface area contributed by atoms with Gasteiger partial charge in [-0.15, -0.1) is 0 Å². The molecule has 7 heterocycles. The van der Waals surface area contributed by atoms with Gasteiger partial charge in [0.1, 0.15) is 17.9 Å². The smallest absolute Gasteiger partial charge is 0.473 e.